The van der Waals surface area contributed by atoms with E-state index in [1.165, 1.54) is 6.26 Å². The van der Waals surface area contributed by atoms with Gasteiger partial charge in [0.05, 0.1) is 24.6 Å². The molecular weight excluding hydrogens is 356 g/mol. The van der Waals surface area contributed by atoms with Crippen LogP contribution in [0, 0.1) is 0 Å². The first kappa shape index (κ1) is 16.2. The number of nitrogens with two attached hydrogens (primary N) is 1. The number of hydrogen-bond acceptors (Lipinski definition) is 5. The van der Waals surface area contributed by atoms with Crippen LogP contribution in [-0.2, 0) is 6.54 Å². The summed E-state index contributed by atoms with van der Waals surface area (Å²) in [4.78, 5) is 11.7. The van der Waals surface area contributed by atoms with Crippen molar-refractivity contribution in [1.29, 1.82) is 0 Å². The average molecular weight is 369 g/mol. The highest BCUT2D eigenvalue weighted by Gasteiger charge is 2.25. The highest BCUT2D eigenvalue weighted by Crippen LogP contribution is 2.35. The molecule has 0 aliphatic rings. The van der Waals surface area contributed by atoms with E-state index in [0.29, 0.717) is 34.2 Å². The van der Waals surface area contributed by atoms with Crippen LogP contribution in [0.5, 0.6) is 0 Å². The standard InChI is InChI=1S/C18H13ClN4O3/c19-13-5-2-1-4-11(13)9-23-10-12(8-21-23)15-16(18(20)24)22-26-17(15)14-6-3-7-25-14/h1-8,10H,9H2,(H2,20,24). The summed E-state index contributed by atoms with van der Waals surface area (Å²) >= 11 is 6.20. The normalized spacial score (nSPS) is 11.0. The predicted molar refractivity (Wildman–Crippen MR) is 94.5 cm³/mol. The number of rotatable bonds is 5. The molecule has 0 saturated heterocycles. The van der Waals surface area contributed by atoms with Crippen LogP contribution in [0.4, 0.5) is 0 Å². The van der Waals surface area contributed by atoms with E-state index >= 15 is 0 Å². The van der Waals surface area contributed by atoms with Gasteiger partial charge in [-0.3, -0.25) is 9.48 Å². The Labute approximate surface area is 153 Å². The molecule has 0 atom stereocenters. The number of carbonyl (C=O) groups excluding carboxylic acids is 1. The van der Waals surface area contributed by atoms with Gasteiger partial charge >= 0.3 is 0 Å². The summed E-state index contributed by atoms with van der Waals surface area (Å²) in [6.45, 7) is 0.479. The fourth-order valence-corrected chi connectivity index (χ4v) is 2.88. The molecule has 1 amide bonds. The molecule has 3 aromatic heterocycles. The number of furan rings is 1. The van der Waals surface area contributed by atoms with Crippen molar-refractivity contribution in [1.82, 2.24) is 14.9 Å². The molecule has 0 bridgehead atoms. The van der Waals surface area contributed by atoms with Crippen molar-refractivity contribution in [2.24, 2.45) is 5.73 Å². The molecule has 0 saturated carbocycles. The molecule has 3 heterocycles. The van der Waals surface area contributed by atoms with E-state index in [-0.39, 0.29) is 5.69 Å². The monoisotopic (exact) mass is 368 g/mol. The molecule has 130 valence electrons. The zero-order chi connectivity index (χ0) is 18.1. The lowest BCUT2D eigenvalue weighted by atomic mass is 10.1. The second kappa shape index (κ2) is 6.53. The van der Waals surface area contributed by atoms with Crippen molar-refractivity contribution in [3.8, 4) is 22.6 Å². The van der Waals surface area contributed by atoms with Crippen LogP contribution < -0.4 is 5.73 Å². The Morgan fingerprint density at radius 2 is 2.08 bits per heavy atom. The lowest BCUT2D eigenvalue weighted by molar-refractivity contribution is 0.0992. The topological polar surface area (TPSA) is 100 Å². The molecule has 7 nitrogen and oxygen atoms in total. The third-order valence-electron chi connectivity index (χ3n) is 3.88. The van der Waals surface area contributed by atoms with Gasteiger partial charge in [0.25, 0.3) is 5.91 Å². The third kappa shape index (κ3) is 2.89. The zero-order valence-electron chi connectivity index (χ0n) is 13.4. The molecule has 0 fully saturated rings. The van der Waals surface area contributed by atoms with E-state index in [9.17, 15) is 4.79 Å². The van der Waals surface area contributed by atoms with Crippen molar-refractivity contribution in [3.05, 3.63) is 71.3 Å². The highest BCUT2D eigenvalue weighted by atomic mass is 35.5. The van der Waals surface area contributed by atoms with Gasteiger partial charge in [-0.15, -0.1) is 0 Å². The quantitative estimate of drug-likeness (QED) is 0.580. The van der Waals surface area contributed by atoms with E-state index < -0.39 is 5.91 Å². The number of nitrogens with zero attached hydrogens (tertiary/aromatic N) is 3. The second-order valence-corrected chi connectivity index (χ2v) is 6.00. The molecular formula is C18H13ClN4O3. The minimum atomic E-state index is -0.694. The maximum absolute atomic E-state index is 11.7. The molecule has 0 aliphatic carbocycles. The molecule has 1 aromatic carbocycles. The number of primary amides is 1. The minimum Gasteiger partial charge on any atom is -0.461 e. The van der Waals surface area contributed by atoms with Crippen molar-refractivity contribution in [3.63, 3.8) is 0 Å². The Morgan fingerprint density at radius 1 is 1.23 bits per heavy atom. The van der Waals surface area contributed by atoms with Gasteiger partial charge in [0.15, 0.2) is 11.5 Å². The molecule has 0 unspecified atom stereocenters. The smallest absolute Gasteiger partial charge is 0.271 e. The van der Waals surface area contributed by atoms with Crippen molar-refractivity contribution in [2.45, 2.75) is 6.54 Å². The summed E-state index contributed by atoms with van der Waals surface area (Å²) in [7, 11) is 0. The first-order valence-corrected chi connectivity index (χ1v) is 8.11. The van der Waals surface area contributed by atoms with E-state index in [1.807, 2.05) is 24.3 Å². The van der Waals surface area contributed by atoms with Gasteiger partial charge in [-0.05, 0) is 23.8 Å². The fraction of sp³-hybridized carbons (Fsp3) is 0.0556. The van der Waals surface area contributed by atoms with Crippen molar-refractivity contribution < 1.29 is 13.7 Å². The number of aromatic nitrogens is 3. The molecule has 26 heavy (non-hydrogen) atoms. The fourth-order valence-electron chi connectivity index (χ4n) is 2.68. The molecule has 8 heteroatoms. The predicted octanol–water partition coefficient (Wildman–Crippen LogP) is 3.60. The third-order valence-corrected chi connectivity index (χ3v) is 4.25. The van der Waals surface area contributed by atoms with Crippen molar-refractivity contribution in [2.75, 3.05) is 0 Å². The van der Waals surface area contributed by atoms with E-state index in [0.717, 1.165) is 5.56 Å². The molecule has 4 aromatic rings. The number of carbonyl (C=O) groups is 1. The van der Waals surface area contributed by atoms with E-state index in [4.69, 9.17) is 26.3 Å². The molecule has 0 spiro atoms. The highest BCUT2D eigenvalue weighted by molar-refractivity contribution is 6.31. The molecule has 0 radical (unpaired) electrons. The maximum Gasteiger partial charge on any atom is 0.271 e. The van der Waals surface area contributed by atoms with Crippen LogP contribution in [0.15, 0.2) is 64.0 Å². The van der Waals surface area contributed by atoms with Gasteiger partial charge in [-0.1, -0.05) is 35.0 Å². The second-order valence-electron chi connectivity index (χ2n) is 5.59. The summed E-state index contributed by atoms with van der Waals surface area (Å²) in [5.74, 6) is 0.0698. The Hall–Kier alpha value is -3.32. The van der Waals surface area contributed by atoms with E-state index in [1.54, 1.807) is 29.2 Å². The van der Waals surface area contributed by atoms with Gasteiger partial charge in [0.2, 0.25) is 5.76 Å². The van der Waals surface area contributed by atoms with Crippen molar-refractivity contribution >= 4 is 17.5 Å². The summed E-state index contributed by atoms with van der Waals surface area (Å²) in [5, 5.41) is 8.78. The maximum atomic E-state index is 11.7. The first-order valence-electron chi connectivity index (χ1n) is 7.73. The lowest BCUT2D eigenvalue weighted by Crippen LogP contribution is -2.12. The van der Waals surface area contributed by atoms with E-state index in [2.05, 4.69) is 10.3 Å². The van der Waals surface area contributed by atoms with Crippen LogP contribution in [0.1, 0.15) is 16.1 Å². The van der Waals surface area contributed by atoms with Crippen LogP contribution in [0.3, 0.4) is 0 Å². The van der Waals surface area contributed by atoms with Crippen LogP contribution in [0.2, 0.25) is 5.02 Å². The Morgan fingerprint density at radius 3 is 2.81 bits per heavy atom. The van der Waals surface area contributed by atoms with Crippen LogP contribution >= 0.6 is 11.6 Å². The summed E-state index contributed by atoms with van der Waals surface area (Å²) in [6.07, 6.45) is 4.89. The molecule has 4 rings (SSSR count). The minimum absolute atomic E-state index is 0.0219. The zero-order valence-corrected chi connectivity index (χ0v) is 14.2. The Balaban J connectivity index is 1.75. The van der Waals surface area contributed by atoms with Gasteiger partial charge < -0.3 is 14.7 Å². The van der Waals surface area contributed by atoms with Gasteiger partial charge in [-0.25, -0.2) is 0 Å². The SMILES string of the molecule is NC(=O)c1noc(-c2ccco2)c1-c1cnn(Cc2ccccc2Cl)c1. The Bertz CT molecular complexity index is 1070. The molecule has 0 aliphatic heterocycles. The summed E-state index contributed by atoms with van der Waals surface area (Å²) in [6, 6.07) is 10.9. The summed E-state index contributed by atoms with van der Waals surface area (Å²) < 4.78 is 12.4. The van der Waals surface area contributed by atoms with Gasteiger partial charge in [0, 0.05) is 16.8 Å². The number of amides is 1. The average Bonchev–Trinajstić information content (AvgIpc) is 3.36. The number of benzene rings is 1. The number of hydrogen-bond donors (Lipinski definition) is 1. The van der Waals surface area contributed by atoms with Gasteiger partial charge in [-0.2, -0.15) is 5.10 Å². The van der Waals surface area contributed by atoms with Crippen LogP contribution in [-0.4, -0.2) is 20.8 Å². The largest absolute Gasteiger partial charge is 0.461 e. The van der Waals surface area contributed by atoms with Gasteiger partial charge in [0.1, 0.15) is 0 Å². The Kier molecular flexibility index (Phi) is 4.06. The molecule has 2 N–H and O–H groups in total. The number of halogens is 1. The lowest BCUT2D eigenvalue weighted by Gasteiger charge is -2.03. The van der Waals surface area contributed by atoms with Crippen LogP contribution in [0.25, 0.3) is 22.6 Å². The first-order chi connectivity index (χ1) is 12.6. The summed E-state index contributed by atoms with van der Waals surface area (Å²) in [5.41, 5.74) is 7.46.